The molecule has 3 heterocycles. The summed E-state index contributed by atoms with van der Waals surface area (Å²) < 4.78 is 16.2. The zero-order chi connectivity index (χ0) is 24.5. The number of anilines is 1. The minimum atomic E-state index is -0.533. The van der Waals surface area contributed by atoms with Gasteiger partial charge in [-0.1, -0.05) is 42.1 Å². The third-order valence-corrected chi connectivity index (χ3v) is 6.58. The van der Waals surface area contributed by atoms with E-state index >= 15 is 0 Å². The van der Waals surface area contributed by atoms with E-state index in [-0.39, 0.29) is 29.5 Å². The topological polar surface area (TPSA) is 131 Å². The summed E-state index contributed by atoms with van der Waals surface area (Å²) in [7, 11) is 1.77. The van der Waals surface area contributed by atoms with E-state index in [0.717, 1.165) is 11.8 Å². The number of carbonyl (C=O) groups excluding carboxylic acids is 1. The Hall–Kier alpha value is -4.19. The first kappa shape index (κ1) is 22.6. The van der Waals surface area contributed by atoms with E-state index in [9.17, 15) is 9.59 Å². The number of benzene rings is 2. The van der Waals surface area contributed by atoms with Crippen molar-refractivity contribution in [3.63, 3.8) is 0 Å². The molecule has 1 aliphatic rings. The number of hydrogen-bond acceptors (Lipinski definition) is 8. The molecule has 0 unspecified atom stereocenters. The number of rotatable bonds is 6. The molecule has 2 aromatic heterocycles. The van der Waals surface area contributed by atoms with E-state index in [0.29, 0.717) is 33.9 Å². The molecule has 0 fully saturated rings. The molecule has 35 heavy (non-hydrogen) atoms. The van der Waals surface area contributed by atoms with Gasteiger partial charge in [0.2, 0.25) is 11.1 Å². The van der Waals surface area contributed by atoms with Crippen molar-refractivity contribution in [3.8, 4) is 17.2 Å². The first-order valence-corrected chi connectivity index (χ1v) is 11.8. The summed E-state index contributed by atoms with van der Waals surface area (Å²) in [4.78, 5) is 25.7. The highest BCUT2D eigenvalue weighted by Crippen LogP contribution is 2.35. The van der Waals surface area contributed by atoms with Gasteiger partial charge in [0.05, 0.1) is 17.1 Å². The molecule has 180 valence electrons. The van der Waals surface area contributed by atoms with Crippen LogP contribution in [0.4, 0.5) is 5.69 Å². The van der Waals surface area contributed by atoms with Gasteiger partial charge in [0.15, 0.2) is 23.4 Å². The average molecular weight is 494 g/mol. The van der Waals surface area contributed by atoms with Gasteiger partial charge in [-0.3, -0.25) is 14.3 Å². The predicted molar refractivity (Wildman–Crippen MR) is 131 cm³/mol. The van der Waals surface area contributed by atoms with Crippen LogP contribution in [0.3, 0.4) is 0 Å². The number of nitrogens with zero attached hydrogens (tertiary/aromatic N) is 5. The Morgan fingerprint density at radius 2 is 1.86 bits per heavy atom. The molecule has 0 aliphatic carbocycles. The first-order chi connectivity index (χ1) is 16.9. The molecule has 0 radical (unpaired) electrons. The van der Waals surface area contributed by atoms with Crippen molar-refractivity contribution in [1.82, 2.24) is 24.2 Å². The molecule has 0 bridgehead atoms. The van der Waals surface area contributed by atoms with Crippen LogP contribution in [-0.2, 0) is 11.8 Å². The molecule has 1 atom stereocenters. The van der Waals surface area contributed by atoms with E-state index in [2.05, 4.69) is 15.5 Å². The molecular weight excluding hydrogens is 470 g/mol. The molecule has 3 N–H and O–H groups in total. The summed E-state index contributed by atoms with van der Waals surface area (Å²) in [5.41, 5.74) is 1.26. The maximum atomic E-state index is 13.0. The van der Waals surface area contributed by atoms with E-state index in [1.165, 1.54) is 9.36 Å². The van der Waals surface area contributed by atoms with Crippen molar-refractivity contribution in [2.45, 2.75) is 18.2 Å². The second-order valence-corrected chi connectivity index (χ2v) is 8.79. The fourth-order valence-corrected chi connectivity index (χ4v) is 4.43. The maximum absolute atomic E-state index is 13.0. The molecular formula is C23H23N7O4S. The summed E-state index contributed by atoms with van der Waals surface area (Å²) in [5, 5.41) is 11.3. The molecule has 5 rings (SSSR count). The summed E-state index contributed by atoms with van der Waals surface area (Å²) in [6.07, 6.45) is -0.533. The van der Waals surface area contributed by atoms with Gasteiger partial charge < -0.3 is 20.6 Å². The lowest BCUT2D eigenvalue weighted by atomic mass is 10.2. The molecule has 0 saturated carbocycles. The quantitative estimate of drug-likeness (QED) is 0.308. The van der Waals surface area contributed by atoms with Crippen molar-refractivity contribution in [2.75, 3.05) is 23.5 Å². The molecule has 0 spiro atoms. The van der Waals surface area contributed by atoms with Gasteiger partial charge in [0.25, 0.3) is 5.56 Å². The van der Waals surface area contributed by atoms with Crippen LogP contribution in [0.25, 0.3) is 5.69 Å². The van der Waals surface area contributed by atoms with Gasteiger partial charge in [0.1, 0.15) is 12.3 Å². The first-order valence-electron chi connectivity index (χ1n) is 10.8. The van der Waals surface area contributed by atoms with Gasteiger partial charge in [-0.15, -0.1) is 10.2 Å². The summed E-state index contributed by atoms with van der Waals surface area (Å²) in [5.74, 6) is 7.43. The molecule has 12 heteroatoms. The fraction of sp³-hybridized carbons (Fsp3) is 0.217. The number of hydrogen-bond donors (Lipinski definition) is 2. The van der Waals surface area contributed by atoms with Crippen LogP contribution in [0.1, 0.15) is 17.6 Å². The van der Waals surface area contributed by atoms with Gasteiger partial charge in [-0.05, 0) is 31.2 Å². The number of ether oxygens (including phenoxy) is 2. The molecule has 2 aromatic carbocycles. The van der Waals surface area contributed by atoms with Crippen molar-refractivity contribution in [2.24, 2.45) is 7.05 Å². The van der Waals surface area contributed by atoms with Gasteiger partial charge in [-0.2, -0.15) is 0 Å². The number of aromatic nitrogens is 5. The zero-order valence-electron chi connectivity index (χ0n) is 19.0. The Morgan fingerprint density at radius 3 is 2.63 bits per heavy atom. The zero-order valence-corrected chi connectivity index (χ0v) is 19.9. The lowest BCUT2D eigenvalue weighted by Gasteiger charge is -2.25. The van der Waals surface area contributed by atoms with Crippen molar-refractivity contribution in [1.29, 1.82) is 0 Å². The second kappa shape index (κ2) is 9.22. The van der Waals surface area contributed by atoms with Crippen LogP contribution in [0.15, 0.2) is 64.5 Å². The highest BCUT2D eigenvalue weighted by molar-refractivity contribution is 7.99. The Labute approximate surface area is 204 Å². The number of fused-ring (bicyclic) bond motifs is 1. The molecule has 4 aromatic rings. The van der Waals surface area contributed by atoms with Gasteiger partial charge >= 0.3 is 0 Å². The largest absolute Gasteiger partial charge is 0.485 e. The van der Waals surface area contributed by atoms with Crippen molar-refractivity contribution >= 4 is 23.4 Å². The van der Waals surface area contributed by atoms with E-state index < -0.39 is 6.10 Å². The minimum Gasteiger partial charge on any atom is -0.485 e. The Bertz CT molecular complexity index is 1440. The van der Waals surface area contributed by atoms with Crippen LogP contribution in [0.2, 0.25) is 0 Å². The predicted octanol–water partition coefficient (Wildman–Crippen LogP) is 2.03. The highest BCUT2D eigenvalue weighted by atomic mass is 32.2. The number of nitrogen functional groups attached to an aromatic ring is 1. The average Bonchev–Trinajstić information content (AvgIpc) is 3.34. The van der Waals surface area contributed by atoms with Crippen molar-refractivity contribution in [3.05, 3.63) is 76.5 Å². The van der Waals surface area contributed by atoms with Crippen LogP contribution >= 0.6 is 11.8 Å². The van der Waals surface area contributed by atoms with Gasteiger partial charge in [0, 0.05) is 7.05 Å². The van der Waals surface area contributed by atoms with Crippen molar-refractivity contribution < 1.29 is 14.3 Å². The van der Waals surface area contributed by atoms with Crippen LogP contribution in [0.5, 0.6) is 11.5 Å². The summed E-state index contributed by atoms with van der Waals surface area (Å²) in [6, 6.07) is 16.6. The number of nitrogens with one attached hydrogen (secondary N) is 1. The molecule has 11 nitrogen and oxygen atoms in total. The highest BCUT2D eigenvalue weighted by Gasteiger charge is 2.28. The lowest BCUT2D eigenvalue weighted by Crippen LogP contribution is -2.27. The minimum absolute atomic E-state index is 0.0146. The number of para-hydroxylation sites is 3. The fourth-order valence-electron chi connectivity index (χ4n) is 3.77. The van der Waals surface area contributed by atoms with Crippen LogP contribution in [0, 0.1) is 6.92 Å². The summed E-state index contributed by atoms with van der Waals surface area (Å²) in [6.45, 7) is 2.01. The third-order valence-electron chi connectivity index (χ3n) is 5.64. The van der Waals surface area contributed by atoms with E-state index in [4.69, 9.17) is 15.3 Å². The Kier molecular flexibility index (Phi) is 5.95. The SMILES string of the molecule is Cc1c(NC(=O)CSc2nnc([C@@H]3COc4ccccc4O3)n2N)c(=O)n(-c2ccccc2)n1C. The van der Waals surface area contributed by atoms with E-state index in [1.807, 2.05) is 48.5 Å². The normalized spacial score (nSPS) is 14.6. The number of nitrogens with two attached hydrogens (primary N) is 1. The standard InChI is InChI=1S/C23H23N7O4S/c1-14-20(22(32)30(28(14)2)15-8-4-3-5-9-15)25-19(31)13-35-23-27-26-21(29(23)24)18-12-33-16-10-6-7-11-17(16)34-18/h3-11,18H,12-13,24H2,1-2H3,(H,25,31)/t18-/m0/s1. The monoisotopic (exact) mass is 493 g/mol. The van der Waals surface area contributed by atoms with E-state index in [1.54, 1.807) is 24.7 Å². The third kappa shape index (κ3) is 4.23. The molecule has 0 saturated heterocycles. The maximum Gasteiger partial charge on any atom is 0.295 e. The number of carbonyl (C=O) groups is 1. The molecule has 1 aliphatic heterocycles. The Morgan fingerprint density at radius 1 is 1.14 bits per heavy atom. The second-order valence-electron chi connectivity index (χ2n) is 7.85. The van der Waals surface area contributed by atoms with Gasteiger partial charge in [-0.25, -0.2) is 9.36 Å². The Balaban J connectivity index is 1.26. The molecule has 1 amide bonds. The lowest BCUT2D eigenvalue weighted by molar-refractivity contribution is -0.113. The van der Waals surface area contributed by atoms with Crippen LogP contribution < -0.4 is 26.2 Å². The van der Waals surface area contributed by atoms with Crippen LogP contribution in [-0.4, -0.2) is 42.5 Å². The number of amides is 1. The smallest absolute Gasteiger partial charge is 0.295 e. The number of thioether (sulfide) groups is 1. The summed E-state index contributed by atoms with van der Waals surface area (Å²) >= 11 is 1.10.